The number of hydrogen-bond donors (Lipinski definition) is 1. The van der Waals surface area contributed by atoms with Crippen LogP contribution in [0, 0.1) is 16.7 Å². The Balaban J connectivity index is 2.73. The van der Waals surface area contributed by atoms with Gasteiger partial charge in [0.25, 0.3) is 0 Å². The van der Waals surface area contributed by atoms with E-state index in [0.717, 1.165) is 12.2 Å². The predicted octanol–water partition coefficient (Wildman–Crippen LogP) is 3.63. The van der Waals surface area contributed by atoms with Gasteiger partial charge in [-0.15, -0.1) is 0 Å². The molecule has 2 N–H and O–H groups in total. The summed E-state index contributed by atoms with van der Waals surface area (Å²) in [6.07, 6.45) is 1.11. The monoisotopic (exact) mass is 274 g/mol. The molecule has 0 aliphatic rings. The van der Waals surface area contributed by atoms with E-state index in [1.165, 1.54) is 5.56 Å². The van der Waals surface area contributed by atoms with Crippen LogP contribution in [0.25, 0.3) is 0 Å². The van der Waals surface area contributed by atoms with Gasteiger partial charge in [-0.25, -0.2) is 0 Å². The summed E-state index contributed by atoms with van der Waals surface area (Å²) < 4.78 is 5.48. The van der Waals surface area contributed by atoms with Gasteiger partial charge in [0.1, 0.15) is 18.4 Å². The molecule has 3 nitrogen and oxygen atoms in total. The Morgan fingerprint density at radius 3 is 2.15 bits per heavy atom. The quantitative estimate of drug-likeness (QED) is 0.892. The highest BCUT2D eigenvalue weighted by Gasteiger charge is 2.27. The zero-order valence-corrected chi connectivity index (χ0v) is 13.2. The number of hydrogen-bond acceptors (Lipinski definition) is 3. The molecule has 3 heteroatoms. The van der Waals surface area contributed by atoms with Gasteiger partial charge in [0.15, 0.2) is 0 Å². The van der Waals surface area contributed by atoms with E-state index in [0.29, 0.717) is 0 Å². The second-order valence-electron chi connectivity index (χ2n) is 7.19. The van der Waals surface area contributed by atoms with Crippen LogP contribution in [0.5, 0.6) is 5.75 Å². The summed E-state index contributed by atoms with van der Waals surface area (Å²) in [7, 11) is 0. The third-order valence-electron chi connectivity index (χ3n) is 3.20. The molecule has 1 rings (SSSR count). The molecular formula is C17H26N2O. The minimum atomic E-state index is -0.577. The lowest BCUT2D eigenvalue weighted by molar-refractivity contribution is 0.283. The van der Waals surface area contributed by atoms with Gasteiger partial charge in [0.05, 0.1) is 6.07 Å². The maximum atomic E-state index is 8.62. The van der Waals surface area contributed by atoms with Gasteiger partial charge < -0.3 is 10.5 Å². The van der Waals surface area contributed by atoms with Crippen molar-refractivity contribution in [2.45, 2.75) is 52.5 Å². The highest BCUT2D eigenvalue weighted by atomic mass is 16.5. The first-order chi connectivity index (χ1) is 9.14. The van der Waals surface area contributed by atoms with E-state index in [-0.39, 0.29) is 17.4 Å². The van der Waals surface area contributed by atoms with E-state index in [9.17, 15) is 0 Å². The van der Waals surface area contributed by atoms with E-state index >= 15 is 0 Å². The average molecular weight is 274 g/mol. The molecule has 1 aromatic carbocycles. The van der Waals surface area contributed by atoms with Gasteiger partial charge in [-0.3, -0.25) is 0 Å². The average Bonchev–Trinajstić information content (AvgIpc) is 2.33. The second-order valence-corrected chi connectivity index (χ2v) is 7.19. The Bertz CT molecular complexity index is 463. The lowest BCUT2D eigenvalue weighted by atomic mass is 9.72. The zero-order chi connectivity index (χ0) is 15.4. The van der Waals surface area contributed by atoms with Crippen LogP contribution in [0.15, 0.2) is 24.3 Å². The number of nitriles is 1. The molecule has 1 aromatic rings. The highest BCUT2D eigenvalue weighted by Crippen LogP contribution is 2.36. The maximum absolute atomic E-state index is 8.62. The molecule has 0 spiro atoms. The summed E-state index contributed by atoms with van der Waals surface area (Å²) in [5, 5.41) is 8.62. The summed E-state index contributed by atoms with van der Waals surface area (Å²) in [5.41, 5.74) is 7.21. The molecule has 110 valence electrons. The van der Waals surface area contributed by atoms with Gasteiger partial charge in [-0.05, 0) is 34.9 Å². The third-order valence-corrected chi connectivity index (χ3v) is 3.20. The Labute approximate surface area is 122 Å². The van der Waals surface area contributed by atoms with Crippen molar-refractivity contribution < 1.29 is 4.74 Å². The molecule has 0 aliphatic carbocycles. The van der Waals surface area contributed by atoms with E-state index in [2.05, 4.69) is 46.8 Å². The standard InChI is InChI=1S/C17H26N2O/c1-16(2,3)12-17(4,5)13-6-8-15(9-7-13)20-11-14(19)10-18/h6-9,14H,11-12,19H2,1-5H3. The normalized spacial score (nSPS) is 13.7. The fourth-order valence-electron chi connectivity index (χ4n) is 2.65. The molecule has 0 amide bonds. The molecule has 0 heterocycles. The largest absolute Gasteiger partial charge is 0.491 e. The van der Waals surface area contributed by atoms with E-state index < -0.39 is 6.04 Å². The molecule has 1 atom stereocenters. The van der Waals surface area contributed by atoms with E-state index in [4.69, 9.17) is 15.7 Å². The molecule has 0 aromatic heterocycles. The molecule has 0 radical (unpaired) electrons. The summed E-state index contributed by atoms with van der Waals surface area (Å²) in [6.45, 7) is 11.5. The molecular weight excluding hydrogens is 248 g/mol. The second kappa shape index (κ2) is 6.28. The van der Waals surface area contributed by atoms with Crippen molar-refractivity contribution in [3.63, 3.8) is 0 Å². The first kappa shape index (κ1) is 16.5. The molecule has 20 heavy (non-hydrogen) atoms. The van der Waals surface area contributed by atoms with Crippen molar-refractivity contribution in [3.05, 3.63) is 29.8 Å². The smallest absolute Gasteiger partial charge is 0.127 e. The van der Waals surface area contributed by atoms with Crippen molar-refractivity contribution in [1.82, 2.24) is 0 Å². The molecule has 0 aliphatic heterocycles. The fourth-order valence-corrected chi connectivity index (χ4v) is 2.65. The van der Waals surface area contributed by atoms with Gasteiger partial charge in [-0.1, -0.05) is 46.8 Å². The highest BCUT2D eigenvalue weighted by molar-refractivity contribution is 5.31. The lowest BCUT2D eigenvalue weighted by Crippen LogP contribution is -2.26. The van der Waals surface area contributed by atoms with Crippen LogP contribution in [0.1, 0.15) is 46.6 Å². The van der Waals surface area contributed by atoms with Gasteiger partial charge >= 0.3 is 0 Å². The van der Waals surface area contributed by atoms with Crippen LogP contribution in [0.3, 0.4) is 0 Å². The van der Waals surface area contributed by atoms with Crippen molar-refractivity contribution in [2.24, 2.45) is 11.1 Å². The lowest BCUT2D eigenvalue weighted by Gasteiger charge is -2.33. The topological polar surface area (TPSA) is 59.0 Å². The van der Waals surface area contributed by atoms with Crippen molar-refractivity contribution >= 4 is 0 Å². The number of rotatable bonds is 5. The molecule has 0 fully saturated rings. The first-order valence-corrected chi connectivity index (χ1v) is 7.03. The Morgan fingerprint density at radius 2 is 1.70 bits per heavy atom. The number of ether oxygens (including phenoxy) is 1. The molecule has 0 saturated carbocycles. The fraction of sp³-hybridized carbons (Fsp3) is 0.588. The minimum absolute atomic E-state index is 0.125. The van der Waals surface area contributed by atoms with Crippen LogP contribution in [-0.4, -0.2) is 12.6 Å². The van der Waals surface area contributed by atoms with Crippen LogP contribution in [0.4, 0.5) is 0 Å². The maximum Gasteiger partial charge on any atom is 0.127 e. The van der Waals surface area contributed by atoms with E-state index in [1.54, 1.807) is 0 Å². The van der Waals surface area contributed by atoms with Gasteiger partial charge in [-0.2, -0.15) is 5.26 Å². The summed E-state index contributed by atoms with van der Waals surface area (Å²) in [5.74, 6) is 0.756. The van der Waals surface area contributed by atoms with Crippen LogP contribution < -0.4 is 10.5 Å². The SMILES string of the molecule is CC(C)(C)CC(C)(C)c1ccc(OCC(N)C#N)cc1. The summed E-state index contributed by atoms with van der Waals surface area (Å²) in [6, 6.07) is 9.46. The summed E-state index contributed by atoms with van der Waals surface area (Å²) in [4.78, 5) is 0. The van der Waals surface area contributed by atoms with Crippen molar-refractivity contribution in [3.8, 4) is 11.8 Å². The number of benzene rings is 1. The summed E-state index contributed by atoms with van der Waals surface area (Å²) >= 11 is 0. The zero-order valence-electron chi connectivity index (χ0n) is 13.2. The van der Waals surface area contributed by atoms with Crippen molar-refractivity contribution in [1.29, 1.82) is 5.26 Å². The van der Waals surface area contributed by atoms with E-state index in [1.807, 2.05) is 18.2 Å². The molecule has 0 bridgehead atoms. The van der Waals surface area contributed by atoms with Crippen LogP contribution in [0.2, 0.25) is 0 Å². The first-order valence-electron chi connectivity index (χ1n) is 7.03. The Kier molecular flexibility index (Phi) is 5.19. The third kappa shape index (κ3) is 5.22. The molecule has 1 unspecified atom stereocenters. The minimum Gasteiger partial charge on any atom is -0.491 e. The van der Waals surface area contributed by atoms with Gasteiger partial charge in [0, 0.05) is 0 Å². The Morgan fingerprint density at radius 1 is 1.15 bits per heavy atom. The van der Waals surface area contributed by atoms with Gasteiger partial charge in [0.2, 0.25) is 0 Å². The predicted molar refractivity (Wildman–Crippen MR) is 82.6 cm³/mol. The number of nitrogens with two attached hydrogens (primary N) is 1. The van der Waals surface area contributed by atoms with Crippen LogP contribution in [-0.2, 0) is 5.41 Å². The molecule has 0 saturated heterocycles. The van der Waals surface area contributed by atoms with Crippen LogP contribution >= 0.6 is 0 Å². The van der Waals surface area contributed by atoms with Crippen molar-refractivity contribution in [2.75, 3.05) is 6.61 Å². The number of nitrogens with zero attached hydrogens (tertiary/aromatic N) is 1. The Hall–Kier alpha value is -1.53.